The maximum absolute atomic E-state index is 13.0. The van der Waals surface area contributed by atoms with Gasteiger partial charge in [-0.15, -0.1) is 0 Å². The van der Waals surface area contributed by atoms with E-state index in [1.54, 1.807) is 54.7 Å². The van der Waals surface area contributed by atoms with Gasteiger partial charge in [-0.25, -0.2) is 0 Å². The average Bonchev–Trinajstić information content (AvgIpc) is 2.81. The minimum atomic E-state index is -0.364. The molecule has 1 saturated carbocycles. The van der Waals surface area contributed by atoms with Gasteiger partial charge >= 0.3 is 0 Å². The Morgan fingerprint density at radius 1 is 0.875 bits per heavy atom. The second-order valence-corrected chi connectivity index (χ2v) is 8.27. The van der Waals surface area contributed by atoms with Crippen molar-refractivity contribution < 1.29 is 9.59 Å². The van der Waals surface area contributed by atoms with Crippen LogP contribution in [-0.2, 0) is 0 Å². The van der Waals surface area contributed by atoms with Gasteiger partial charge in [-0.3, -0.25) is 19.0 Å². The predicted octanol–water partition coefficient (Wildman–Crippen LogP) is 4.46. The van der Waals surface area contributed by atoms with E-state index in [-0.39, 0.29) is 29.0 Å². The van der Waals surface area contributed by atoms with E-state index >= 15 is 0 Å². The van der Waals surface area contributed by atoms with Crippen molar-refractivity contribution in [2.24, 2.45) is 0 Å². The Labute approximate surface area is 187 Å². The van der Waals surface area contributed by atoms with Crippen molar-refractivity contribution in [1.29, 1.82) is 0 Å². The lowest BCUT2D eigenvalue weighted by atomic mass is 9.95. The Morgan fingerprint density at radius 3 is 2.25 bits per heavy atom. The summed E-state index contributed by atoms with van der Waals surface area (Å²) in [5, 5.41) is 5.86. The number of pyridine rings is 1. The molecule has 0 saturated heterocycles. The van der Waals surface area contributed by atoms with Gasteiger partial charge in [0.25, 0.3) is 17.4 Å². The first-order chi connectivity index (χ1) is 15.5. The van der Waals surface area contributed by atoms with Gasteiger partial charge in [0.15, 0.2) is 0 Å². The normalized spacial score (nSPS) is 14.0. The number of carbonyl (C=O) groups excluding carboxylic acids is 2. The highest BCUT2D eigenvalue weighted by molar-refractivity contribution is 6.04. The SMILES string of the molecule is Cc1ccc(C(=O)Nc2ccc(-n3cccc(C(=O)NC4CCCCC4)c3=O)cc2)cc1. The molecule has 0 bridgehead atoms. The summed E-state index contributed by atoms with van der Waals surface area (Å²) in [6.07, 6.45) is 6.98. The molecule has 2 amide bonds. The predicted molar refractivity (Wildman–Crippen MR) is 126 cm³/mol. The minimum Gasteiger partial charge on any atom is -0.349 e. The standard InChI is InChI=1S/C26H27N3O3/c1-18-9-11-19(12-10-18)24(30)27-21-13-15-22(16-14-21)29-17-5-8-23(26(29)32)25(31)28-20-6-3-2-4-7-20/h5,8-17,20H,2-4,6-7H2,1H3,(H,27,30)(H,28,31). The third kappa shape index (κ3) is 4.97. The van der Waals surface area contributed by atoms with Crippen LogP contribution in [0, 0.1) is 6.92 Å². The fraction of sp³-hybridized carbons (Fsp3) is 0.269. The Kier molecular flexibility index (Phi) is 6.50. The van der Waals surface area contributed by atoms with E-state index in [0.29, 0.717) is 16.9 Å². The maximum atomic E-state index is 13.0. The van der Waals surface area contributed by atoms with Crippen LogP contribution in [0.1, 0.15) is 58.4 Å². The van der Waals surface area contributed by atoms with Gasteiger partial charge in [0.1, 0.15) is 5.56 Å². The van der Waals surface area contributed by atoms with Crippen molar-refractivity contribution in [1.82, 2.24) is 9.88 Å². The first-order valence-corrected chi connectivity index (χ1v) is 11.0. The molecular formula is C26H27N3O3. The number of aryl methyl sites for hydroxylation is 1. The Balaban J connectivity index is 1.48. The monoisotopic (exact) mass is 429 g/mol. The van der Waals surface area contributed by atoms with Crippen LogP contribution in [-0.4, -0.2) is 22.4 Å². The van der Waals surface area contributed by atoms with Crippen molar-refractivity contribution in [3.05, 3.63) is 93.9 Å². The number of nitrogens with one attached hydrogen (secondary N) is 2. The lowest BCUT2D eigenvalue weighted by Gasteiger charge is -2.22. The Hall–Kier alpha value is -3.67. The van der Waals surface area contributed by atoms with E-state index in [4.69, 9.17) is 0 Å². The number of anilines is 1. The molecule has 1 aromatic heterocycles. The molecule has 0 unspecified atom stereocenters. The number of hydrogen-bond acceptors (Lipinski definition) is 3. The molecular weight excluding hydrogens is 402 g/mol. The third-order valence-electron chi connectivity index (χ3n) is 5.85. The highest BCUT2D eigenvalue weighted by Crippen LogP contribution is 2.18. The second kappa shape index (κ2) is 9.64. The zero-order valence-electron chi connectivity index (χ0n) is 18.1. The van der Waals surface area contributed by atoms with Crippen molar-refractivity contribution in [2.75, 3.05) is 5.32 Å². The number of carbonyl (C=O) groups is 2. The van der Waals surface area contributed by atoms with E-state index in [1.807, 2.05) is 19.1 Å². The zero-order chi connectivity index (χ0) is 22.5. The van der Waals surface area contributed by atoms with Crippen molar-refractivity contribution in [2.45, 2.75) is 45.1 Å². The first-order valence-electron chi connectivity index (χ1n) is 11.0. The summed E-state index contributed by atoms with van der Waals surface area (Å²) in [5.41, 5.74) is 2.68. The number of rotatable bonds is 5. The van der Waals surface area contributed by atoms with Crippen LogP contribution >= 0.6 is 0 Å². The molecule has 0 radical (unpaired) electrons. The Morgan fingerprint density at radius 2 is 1.56 bits per heavy atom. The van der Waals surface area contributed by atoms with Crippen molar-refractivity contribution in [3.8, 4) is 5.69 Å². The van der Waals surface area contributed by atoms with Crippen LogP contribution in [0.3, 0.4) is 0 Å². The smallest absolute Gasteiger partial charge is 0.267 e. The van der Waals surface area contributed by atoms with E-state index in [0.717, 1.165) is 31.2 Å². The third-order valence-corrected chi connectivity index (χ3v) is 5.85. The first kappa shape index (κ1) is 21.6. The summed E-state index contributed by atoms with van der Waals surface area (Å²) in [4.78, 5) is 38.0. The summed E-state index contributed by atoms with van der Waals surface area (Å²) in [7, 11) is 0. The van der Waals surface area contributed by atoms with Gasteiger partial charge in [-0.1, -0.05) is 37.0 Å². The molecule has 1 aliphatic carbocycles. The molecule has 0 atom stereocenters. The van der Waals surface area contributed by atoms with Crippen LogP contribution in [0.2, 0.25) is 0 Å². The van der Waals surface area contributed by atoms with Gasteiger partial charge in [-0.05, 0) is 68.3 Å². The highest BCUT2D eigenvalue weighted by atomic mass is 16.2. The molecule has 164 valence electrons. The van der Waals surface area contributed by atoms with E-state index in [1.165, 1.54) is 11.0 Å². The number of amides is 2. The van der Waals surface area contributed by atoms with E-state index in [9.17, 15) is 14.4 Å². The van der Waals surface area contributed by atoms with Crippen LogP contribution in [0.25, 0.3) is 5.69 Å². The van der Waals surface area contributed by atoms with Crippen LogP contribution in [0.5, 0.6) is 0 Å². The highest BCUT2D eigenvalue weighted by Gasteiger charge is 2.19. The van der Waals surface area contributed by atoms with Crippen LogP contribution < -0.4 is 16.2 Å². The van der Waals surface area contributed by atoms with Gasteiger partial charge in [0.05, 0.1) is 0 Å². The zero-order valence-corrected chi connectivity index (χ0v) is 18.1. The summed E-state index contributed by atoms with van der Waals surface area (Å²) in [5.74, 6) is -0.519. The fourth-order valence-corrected chi connectivity index (χ4v) is 3.99. The van der Waals surface area contributed by atoms with Gasteiger partial charge in [0, 0.05) is 29.2 Å². The molecule has 32 heavy (non-hydrogen) atoms. The van der Waals surface area contributed by atoms with Crippen molar-refractivity contribution in [3.63, 3.8) is 0 Å². The van der Waals surface area contributed by atoms with Crippen molar-refractivity contribution >= 4 is 17.5 Å². The quantitative estimate of drug-likeness (QED) is 0.628. The molecule has 0 spiro atoms. The van der Waals surface area contributed by atoms with Crippen LogP contribution in [0.4, 0.5) is 5.69 Å². The minimum absolute atomic E-state index is 0.134. The number of benzene rings is 2. The van der Waals surface area contributed by atoms with E-state index in [2.05, 4.69) is 10.6 Å². The summed E-state index contributed by atoms with van der Waals surface area (Å²) < 4.78 is 1.45. The second-order valence-electron chi connectivity index (χ2n) is 8.27. The Bertz CT molecular complexity index is 1160. The molecule has 4 rings (SSSR count). The molecule has 0 aliphatic heterocycles. The number of aromatic nitrogens is 1. The molecule has 1 fully saturated rings. The lowest BCUT2D eigenvalue weighted by Crippen LogP contribution is -2.39. The maximum Gasteiger partial charge on any atom is 0.267 e. The molecule has 6 nitrogen and oxygen atoms in total. The largest absolute Gasteiger partial charge is 0.349 e. The number of nitrogens with zero attached hydrogens (tertiary/aromatic N) is 1. The molecule has 2 aromatic carbocycles. The van der Waals surface area contributed by atoms with E-state index < -0.39 is 0 Å². The summed E-state index contributed by atoms with van der Waals surface area (Å²) in [6.45, 7) is 1.97. The topological polar surface area (TPSA) is 80.2 Å². The lowest BCUT2D eigenvalue weighted by molar-refractivity contribution is 0.0925. The average molecular weight is 430 g/mol. The molecule has 2 N–H and O–H groups in total. The summed E-state index contributed by atoms with van der Waals surface area (Å²) >= 11 is 0. The van der Waals surface area contributed by atoms with Crippen LogP contribution in [0.15, 0.2) is 71.7 Å². The molecule has 3 aromatic rings. The molecule has 6 heteroatoms. The van der Waals surface area contributed by atoms with Gasteiger partial charge in [-0.2, -0.15) is 0 Å². The van der Waals surface area contributed by atoms with Gasteiger partial charge < -0.3 is 10.6 Å². The van der Waals surface area contributed by atoms with Gasteiger partial charge in [0.2, 0.25) is 0 Å². The molecule has 1 heterocycles. The fourth-order valence-electron chi connectivity index (χ4n) is 3.99. The molecule has 1 aliphatic rings. The number of hydrogen-bond donors (Lipinski definition) is 2. The summed E-state index contributed by atoms with van der Waals surface area (Å²) in [6, 6.07) is 17.7.